The molecule has 1 saturated heterocycles. The van der Waals surface area contributed by atoms with Crippen molar-refractivity contribution in [3.05, 3.63) is 47.9 Å². The average molecular weight is 501 g/mol. The van der Waals surface area contributed by atoms with Crippen LogP contribution < -0.4 is 10.2 Å². The van der Waals surface area contributed by atoms with E-state index in [9.17, 15) is 36.6 Å². The number of β-amino-alcohol motifs (C(OH)–C–C–N with tert-alkyl or cyclic N) is 1. The number of aliphatic hydroxyl groups excluding tert-OH is 2. The minimum atomic E-state index is -4.73. The summed E-state index contributed by atoms with van der Waals surface area (Å²) >= 11 is 0. The molecule has 0 aliphatic carbocycles. The van der Waals surface area contributed by atoms with Gasteiger partial charge in [-0.15, -0.1) is 0 Å². The van der Waals surface area contributed by atoms with E-state index in [1.807, 2.05) is 0 Å². The summed E-state index contributed by atoms with van der Waals surface area (Å²) < 4.78 is 78.5. The highest BCUT2D eigenvalue weighted by Crippen LogP contribution is 2.31. The van der Waals surface area contributed by atoms with Gasteiger partial charge in [0, 0.05) is 25.0 Å². The van der Waals surface area contributed by atoms with Gasteiger partial charge in [-0.25, -0.2) is 4.98 Å². The van der Waals surface area contributed by atoms with Gasteiger partial charge in [-0.2, -0.15) is 41.3 Å². The third-order valence-electron chi connectivity index (χ3n) is 5.03. The van der Waals surface area contributed by atoms with E-state index in [1.165, 1.54) is 17.0 Å². The first-order valence-electron chi connectivity index (χ1n) is 10.1. The standard InChI is InChI=1S/C20H17F6N7O2/c21-19(22,23)14-3-1-2-11(29-14)16-30-17(28-10-4-6-27-15(8-10)20(24,25)26)32-18(31-16)33-7-5-12(34)13(35)9-33/h1-4,6,8,12-13,34-35H,5,7,9H2,(H,27,28,30,31,32). The zero-order chi connectivity index (χ0) is 25.4. The van der Waals surface area contributed by atoms with Crippen LogP contribution in [0.1, 0.15) is 17.8 Å². The molecule has 35 heavy (non-hydrogen) atoms. The number of rotatable bonds is 4. The van der Waals surface area contributed by atoms with Gasteiger partial charge in [0.25, 0.3) is 0 Å². The molecule has 15 heteroatoms. The lowest BCUT2D eigenvalue weighted by Crippen LogP contribution is -2.47. The van der Waals surface area contributed by atoms with E-state index in [2.05, 4.69) is 30.2 Å². The zero-order valence-electron chi connectivity index (χ0n) is 17.6. The molecule has 4 heterocycles. The molecule has 0 aromatic carbocycles. The second-order valence-corrected chi connectivity index (χ2v) is 7.61. The third kappa shape index (κ3) is 5.74. The predicted molar refractivity (Wildman–Crippen MR) is 109 cm³/mol. The quantitative estimate of drug-likeness (QED) is 0.464. The van der Waals surface area contributed by atoms with Crippen LogP contribution in [-0.4, -0.2) is 60.4 Å². The van der Waals surface area contributed by atoms with Crippen molar-refractivity contribution in [2.75, 3.05) is 23.3 Å². The lowest BCUT2D eigenvalue weighted by molar-refractivity contribution is -0.141. The Morgan fingerprint density at radius 3 is 2.31 bits per heavy atom. The van der Waals surface area contributed by atoms with Crippen molar-refractivity contribution in [3.63, 3.8) is 0 Å². The van der Waals surface area contributed by atoms with Crippen LogP contribution in [0.15, 0.2) is 36.5 Å². The van der Waals surface area contributed by atoms with Gasteiger partial charge < -0.3 is 20.4 Å². The Hall–Kier alpha value is -3.59. The largest absolute Gasteiger partial charge is 0.433 e. The molecular formula is C20H17F6N7O2. The van der Waals surface area contributed by atoms with Gasteiger partial charge in [-0.1, -0.05) is 6.07 Å². The van der Waals surface area contributed by atoms with E-state index in [1.54, 1.807) is 0 Å². The van der Waals surface area contributed by atoms with Gasteiger partial charge in [-0.05, 0) is 30.7 Å². The van der Waals surface area contributed by atoms with E-state index >= 15 is 0 Å². The maximum atomic E-state index is 13.1. The molecule has 186 valence electrons. The van der Waals surface area contributed by atoms with Crippen LogP contribution in [0.2, 0.25) is 0 Å². The number of pyridine rings is 2. The first-order valence-corrected chi connectivity index (χ1v) is 10.1. The van der Waals surface area contributed by atoms with Crippen molar-refractivity contribution in [3.8, 4) is 11.5 Å². The fourth-order valence-electron chi connectivity index (χ4n) is 3.29. The van der Waals surface area contributed by atoms with Crippen LogP contribution in [0.5, 0.6) is 0 Å². The average Bonchev–Trinajstić information content (AvgIpc) is 2.80. The second kappa shape index (κ2) is 9.22. The number of halogens is 6. The number of nitrogens with zero attached hydrogens (tertiary/aromatic N) is 6. The number of hydrogen-bond acceptors (Lipinski definition) is 9. The highest BCUT2D eigenvalue weighted by Gasteiger charge is 2.34. The van der Waals surface area contributed by atoms with Crippen LogP contribution in [-0.2, 0) is 12.4 Å². The smallest absolute Gasteiger partial charge is 0.390 e. The summed E-state index contributed by atoms with van der Waals surface area (Å²) in [6.07, 6.45) is -10.5. The van der Waals surface area contributed by atoms with Gasteiger partial charge in [0.05, 0.1) is 12.2 Å². The highest BCUT2D eigenvalue weighted by atomic mass is 19.4. The van der Waals surface area contributed by atoms with E-state index in [-0.39, 0.29) is 48.6 Å². The Morgan fingerprint density at radius 2 is 1.63 bits per heavy atom. The predicted octanol–water partition coefficient (Wildman–Crippen LogP) is 3.04. The Bertz CT molecular complexity index is 1210. The Balaban J connectivity index is 1.75. The van der Waals surface area contributed by atoms with Crippen molar-refractivity contribution in [2.45, 2.75) is 31.0 Å². The molecule has 2 unspecified atom stereocenters. The number of aromatic nitrogens is 5. The minimum Gasteiger partial charge on any atom is -0.390 e. The van der Waals surface area contributed by atoms with Crippen LogP contribution in [0.4, 0.5) is 43.9 Å². The molecule has 0 bridgehead atoms. The number of alkyl halides is 6. The van der Waals surface area contributed by atoms with E-state index in [0.29, 0.717) is 6.07 Å². The van der Waals surface area contributed by atoms with Gasteiger partial charge in [0.2, 0.25) is 11.9 Å². The molecule has 3 aromatic heterocycles. The summed E-state index contributed by atoms with van der Waals surface area (Å²) in [5.41, 5.74) is -2.70. The van der Waals surface area contributed by atoms with Crippen molar-refractivity contribution in [2.24, 2.45) is 0 Å². The van der Waals surface area contributed by atoms with Gasteiger partial charge in [0.1, 0.15) is 17.1 Å². The van der Waals surface area contributed by atoms with E-state index in [4.69, 9.17) is 0 Å². The zero-order valence-corrected chi connectivity index (χ0v) is 17.6. The van der Waals surface area contributed by atoms with Crippen LogP contribution >= 0.6 is 0 Å². The Morgan fingerprint density at radius 1 is 0.886 bits per heavy atom. The maximum Gasteiger partial charge on any atom is 0.433 e. The highest BCUT2D eigenvalue weighted by molar-refractivity contribution is 5.59. The Labute approximate surface area is 193 Å². The van der Waals surface area contributed by atoms with Crippen molar-refractivity contribution < 1.29 is 36.6 Å². The third-order valence-corrected chi connectivity index (χ3v) is 5.03. The first-order chi connectivity index (χ1) is 16.4. The number of aliphatic hydroxyl groups is 2. The molecule has 0 radical (unpaired) electrons. The molecule has 1 aliphatic rings. The molecule has 0 amide bonds. The van der Waals surface area contributed by atoms with E-state index in [0.717, 1.165) is 18.3 Å². The summed E-state index contributed by atoms with van der Waals surface area (Å²) in [6.45, 7) is 0.109. The van der Waals surface area contributed by atoms with Crippen LogP contribution in [0.25, 0.3) is 11.5 Å². The summed E-state index contributed by atoms with van der Waals surface area (Å²) in [5, 5.41) is 22.4. The molecule has 3 aromatic rings. The van der Waals surface area contributed by atoms with Gasteiger partial charge in [0.15, 0.2) is 5.82 Å². The molecule has 4 rings (SSSR count). The molecule has 9 nitrogen and oxygen atoms in total. The van der Waals surface area contributed by atoms with Crippen molar-refractivity contribution in [1.29, 1.82) is 0 Å². The monoisotopic (exact) mass is 501 g/mol. The fourth-order valence-corrected chi connectivity index (χ4v) is 3.29. The molecular weight excluding hydrogens is 484 g/mol. The molecule has 0 spiro atoms. The summed E-state index contributed by atoms with van der Waals surface area (Å²) in [4.78, 5) is 20.6. The maximum absolute atomic E-state index is 13.1. The first kappa shape index (κ1) is 24.5. The lowest BCUT2D eigenvalue weighted by atomic mass is 10.1. The minimum absolute atomic E-state index is 0.0761. The Kier molecular flexibility index (Phi) is 6.46. The molecule has 3 N–H and O–H groups in total. The summed E-state index contributed by atoms with van der Waals surface area (Å²) in [7, 11) is 0. The van der Waals surface area contributed by atoms with Crippen molar-refractivity contribution >= 4 is 17.6 Å². The molecule has 1 aliphatic heterocycles. The SMILES string of the molecule is OC1CCN(c2nc(Nc3ccnc(C(F)(F)F)c3)nc(-c3cccc(C(F)(F)F)n3)n2)CC1O. The summed E-state index contributed by atoms with van der Waals surface area (Å²) in [5.74, 6) is -0.633. The number of hydrogen-bond donors (Lipinski definition) is 3. The number of nitrogens with one attached hydrogen (secondary N) is 1. The topological polar surface area (TPSA) is 120 Å². The lowest BCUT2D eigenvalue weighted by Gasteiger charge is -2.33. The van der Waals surface area contributed by atoms with Crippen LogP contribution in [0.3, 0.4) is 0 Å². The van der Waals surface area contributed by atoms with Gasteiger partial charge in [-0.3, -0.25) is 4.98 Å². The van der Waals surface area contributed by atoms with Crippen LogP contribution in [0, 0.1) is 0 Å². The van der Waals surface area contributed by atoms with E-state index < -0.39 is 35.9 Å². The number of anilines is 3. The fraction of sp³-hybridized carbons (Fsp3) is 0.350. The molecule has 2 atom stereocenters. The molecule has 1 fully saturated rings. The second-order valence-electron chi connectivity index (χ2n) is 7.61. The number of piperidine rings is 1. The molecule has 0 saturated carbocycles. The normalized spacial score (nSPS) is 19.0. The van der Waals surface area contributed by atoms with Crippen molar-refractivity contribution in [1.82, 2.24) is 24.9 Å². The van der Waals surface area contributed by atoms with Gasteiger partial charge >= 0.3 is 12.4 Å². The summed E-state index contributed by atoms with van der Waals surface area (Å²) in [6, 6.07) is 5.06.